The first-order valence-corrected chi connectivity index (χ1v) is 23.2. The van der Waals surface area contributed by atoms with Crippen LogP contribution in [-0.4, -0.2) is 4.57 Å². The molecule has 0 atom stereocenters. The zero-order valence-electron chi connectivity index (χ0n) is 36.6. The predicted octanol–water partition coefficient (Wildman–Crippen LogP) is 18.4. The van der Waals surface area contributed by atoms with E-state index in [1.54, 1.807) is 0 Å². The fourth-order valence-electron chi connectivity index (χ4n) is 11.2. The summed E-state index contributed by atoms with van der Waals surface area (Å²) in [5.41, 5.74) is 13.2. The summed E-state index contributed by atoms with van der Waals surface area (Å²) >= 11 is 0. The van der Waals surface area contributed by atoms with E-state index >= 15 is 0 Å². The van der Waals surface area contributed by atoms with Gasteiger partial charge in [-0.3, -0.25) is 0 Å². The lowest BCUT2D eigenvalue weighted by Crippen LogP contribution is -1.97. The molecule has 13 aromatic carbocycles. The fourth-order valence-corrected chi connectivity index (χ4v) is 11.2. The van der Waals surface area contributed by atoms with E-state index in [4.69, 9.17) is 0 Å². The smallest absolute Gasteiger partial charge is 0.0541 e. The van der Waals surface area contributed by atoms with Gasteiger partial charge in [0.25, 0.3) is 0 Å². The van der Waals surface area contributed by atoms with Crippen LogP contribution < -0.4 is 0 Å². The van der Waals surface area contributed by atoms with E-state index in [1.165, 1.54) is 131 Å². The van der Waals surface area contributed by atoms with Crippen LogP contribution >= 0.6 is 0 Å². The molecule has 0 bridgehead atoms. The normalized spacial score (nSPS) is 11.9. The van der Waals surface area contributed by atoms with E-state index in [9.17, 15) is 0 Å². The quantitative estimate of drug-likeness (QED) is 0.152. The summed E-state index contributed by atoms with van der Waals surface area (Å²) in [5.74, 6) is 0. The van der Waals surface area contributed by atoms with Crippen molar-refractivity contribution >= 4 is 86.4 Å². The zero-order valence-corrected chi connectivity index (χ0v) is 36.6. The van der Waals surface area contributed by atoms with Crippen molar-refractivity contribution in [3.63, 3.8) is 0 Å². The number of hydrogen-bond donors (Lipinski definition) is 0. The summed E-state index contributed by atoms with van der Waals surface area (Å²) in [6.45, 7) is 0. The maximum absolute atomic E-state index is 2.51. The highest BCUT2D eigenvalue weighted by atomic mass is 15.0. The second-order valence-corrected chi connectivity index (χ2v) is 18.0. The van der Waals surface area contributed by atoms with Gasteiger partial charge in [-0.2, -0.15) is 0 Å². The largest absolute Gasteiger partial charge is 0.309 e. The van der Waals surface area contributed by atoms with Crippen molar-refractivity contribution < 1.29 is 0 Å². The van der Waals surface area contributed by atoms with Gasteiger partial charge in [-0.05, 0) is 164 Å². The number of nitrogens with zero attached hydrogens (tertiary/aromatic N) is 1. The van der Waals surface area contributed by atoms with Gasteiger partial charge in [0.2, 0.25) is 0 Å². The summed E-state index contributed by atoms with van der Waals surface area (Å²) in [6.07, 6.45) is 0. The van der Waals surface area contributed by atoms with Crippen molar-refractivity contribution in [3.05, 3.63) is 249 Å². The molecule has 0 spiro atoms. The van der Waals surface area contributed by atoms with Crippen LogP contribution in [0.25, 0.3) is 137 Å². The third-order valence-electron chi connectivity index (χ3n) is 14.3. The number of fused-ring (bicyclic) bond motifs is 11. The van der Waals surface area contributed by atoms with Gasteiger partial charge in [0.15, 0.2) is 0 Å². The maximum Gasteiger partial charge on any atom is 0.0541 e. The standard InChI is InChI=1S/C66H41N/c1-5-21-51-42(15-1)19-13-29-55(51)48-35-49(56-30-14-20-43-16-2-6-22-52(43)56)37-50(36-48)67-65-33-31-46(61-38-44-17-3-7-23-53(44)57-25-9-11-27-59(57)61)40-63(65)64-41-47(32-34-66(64)67)62-39-45-18-4-8-24-54(45)58-26-10-12-28-60(58)62/h1-41H. The van der Waals surface area contributed by atoms with Gasteiger partial charge in [-0.15, -0.1) is 0 Å². The van der Waals surface area contributed by atoms with Gasteiger partial charge in [0.1, 0.15) is 0 Å². The number of aromatic nitrogens is 1. The molecule has 0 aliphatic rings. The summed E-state index contributed by atoms with van der Waals surface area (Å²) in [5, 5.41) is 17.5. The molecular weight excluding hydrogens is 807 g/mol. The van der Waals surface area contributed by atoms with Crippen molar-refractivity contribution in [3.8, 4) is 50.2 Å². The Balaban J connectivity index is 1.08. The SMILES string of the molecule is c1ccc2c(-c3cc(-c4cccc5ccccc45)cc(-n4c5ccc(-c6cc7ccccc7c7ccccc67)cc5c5cc(-c6cc7ccccc7c7ccccc67)ccc54)c3)cccc2c1. The molecule has 67 heavy (non-hydrogen) atoms. The Hall–Kier alpha value is -8.78. The van der Waals surface area contributed by atoms with Crippen molar-refractivity contribution in [2.24, 2.45) is 0 Å². The second-order valence-electron chi connectivity index (χ2n) is 18.0. The van der Waals surface area contributed by atoms with Crippen LogP contribution in [0.3, 0.4) is 0 Å². The Labute approximate surface area is 388 Å². The Morgan fingerprint density at radius 2 is 0.567 bits per heavy atom. The Morgan fingerprint density at radius 3 is 1.03 bits per heavy atom. The van der Waals surface area contributed by atoms with Crippen LogP contribution in [-0.2, 0) is 0 Å². The first-order valence-electron chi connectivity index (χ1n) is 23.2. The van der Waals surface area contributed by atoms with E-state index in [0.717, 1.165) is 5.69 Å². The lowest BCUT2D eigenvalue weighted by atomic mass is 9.92. The van der Waals surface area contributed by atoms with Crippen LogP contribution in [0.5, 0.6) is 0 Å². The molecule has 14 aromatic rings. The molecule has 1 aromatic heterocycles. The maximum atomic E-state index is 2.51. The molecule has 0 unspecified atom stereocenters. The van der Waals surface area contributed by atoms with Crippen LogP contribution in [0.4, 0.5) is 0 Å². The summed E-state index contributed by atoms with van der Waals surface area (Å²) in [6, 6.07) is 92.5. The molecule has 0 fully saturated rings. The highest BCUT2D eigenvalue weighted by molar-refractivity contribution is 6.18. The van der Waals surface area contributed by atoms with Crippen molar-refractivity contribution in [2.75, 3.05) is 0 Å². The van der Waals surface area contributed by atoms with Gasteiger partial charge in [-0.25, -0.2) is 0 Å². The Bertz CT molecular complexity index is 4050. The first kappa shape index (κ1) is 37.6. The fraction of sp³-hybridized carbons (Fsp3) is 0. The van der Waals surface area contributed by atoms with E-state index in [-0.39, 0.29) is 0 Å². The molecule has 0 amide bonds. The Morgan fingerprint density at radius 1 is 0.194 bits per heavy atom. The van der Waals surface area contributed by atoms with Gasteiger partial charge in [0.05, 0.1) is 11.0 Å². The molecule has 310 valence electrons. The van der Waals surface area contributed by atoms with Crippen molar-refractivity contribution in [1.29, 1.82) is 0 Å². The van der Waals surface area contributed by atoms with Gasteiger partial charge < -0.3 is 4.57 Å². The van der Waals surface area contributed by atoms with E-state index in [1.807, 2.05) is 0 Å². The monoisotopic (exact) mass is 847 g/mol. The minimum atomic E-state index is 1.13. The summed E-state index contributed by atoms with van der Waals surface area (Å²) in [4.78, 5) is 0. The molecule has 0 saturated heterocycles. The molecule has 1 heteroatoms. The molecule has 14 rings (SSSR count). The van der Waals surface area contributed by atoms with Crippen LogP contribution in [0.2, 0.25) is 0 Å². The third kappa shape index (κ3) is 5.95. The summed E-state index contributed by atoms with van der Waals surface area (Å²) in [7, 11) is 0. The van der Waals surface area contributed by atoms with Crippen molar-refractivity contribution in [2.45, 2.75) is 0 Å². The van der Waals surface area contributed by atoms with Gasteiger partial charge in [0, 0.05) is 16.5 Å². The minimum Gasteiger partial charge on any atom is -0.309 e. The van der Waals surface area contributed by atoms with Crippen LogP contribution in [0, 0.1) is 0 Å². The zero-order chi connectivity index (χ0) is 44.0. The topological polar surface area (TPSA) is 4.93 Å². The Kier molecular flexibility index (Phi) is 8.35. The average Bonchev–Trinajstić information content (AvgIpc) is 3.73. The lowest BCUT2D eigenvalue weighted by Gasteiger charge is -2.16. The summed E-state index contributed by atoms with van der Waals surface area (Å²) < 4.78 is 2.51. The second kappa shape index (κ2) is 14.9. The number of rotatable bonds is 5. The number of hydrogen-bond acceptors (Lipinski definition) is 0. The van der Waals surface area contributed by atoms with Gasteiger partial charge >= 0.3 is 0 Å². The third-order valence-corrected chi connectivity index (χ3v) is 14.3. The molecule has 0 aliphatic carbocycles. The van der Waals surface area contributed by atoms with Crippen molar-refractivity contribution in [1.82, 2.24) is 4.57 Å². The van der Waals surface area contributed by atoms with Crippen LogP contribution in [0.15, 0.2) is 249 Å². The molecule has 0 aliphatic heterocycles. The molecule has 0 N–H and O–H groups in total. The molecule has 1 nitrogen and oxygen atoms in total. The first-order chi connectivity index (χ1) is 33.2. The van der Waals surface area contributed by atoms with E-state index in [0.29, 0.717) is 0 Å². The highest BCUT2D eigenvalue weighted by Crippen LogP contribution is 2.44. The highest BCUT2D eigenvalue weighted by Gasteiger charge is 2.20. The number of benzene rings is 13. The molecule has 0 radical (unpaired) electrons. The lowest BCUT2D eigenvalue weighted by molar-refractivity contribution is 1.18. The molecular formula is C66H41N. The average molecular weight is 848 g/mol. The van der Waals surface area contributed by atoms with Gasteiger partial charge in [-0.1, -0.05) is 194 Å². The van der Waals surface area contributed by atoms with Crippen LogP contribution in [0.1, 0.15) is 0 Å². The predicted molar refractivity (Wildman–Crippen MR) is 288 cm³/mol. The minimum absolute atomic E-state index is 1.13. The molecule has 1 heterocycles. The molecule has 0 saturated carbocycles. The van der Waals surface area contributed by atoms with E-state index in [2.05, 4.69) is 253 Å². The van der Waals surface area contributed by atoms with E-state index < -0.39 is 0 Å².